The lowest BCUT2D eigenvalue weighted by Gasteiger charge is -2.25. The molecule has 1 fully saturated rings. The molecule has 1 atom stereocenters. The topological polar surface area (TPSA) is 138 Å². The van der Waals surface area contributed by atoms with Gasteiger partial charge in [0.1, 0.15) is 24.9 Å². The lowest BCUT2D eigenvalue weighted by Crippen LogP contribution is -2.45. The second-order valence-electron chi connectivity index (χ2n) is 11.8. The molecule has 0 saturated carbocycles. The molecule has 2 amide bonds. The zero-order valence-electron chi connectivity index (χ0n) is 24.9. The molecular weight excluding hydrogens is 538 g/mol. The average Bonchev–Trinajstić information content (AvgIpc) is 3.44. The Labute approximate surface area is 246 Å². The number of aromatic nitrogens is 1. The number of amides is 2. The second kappa shape index (κ2) is 14.5. The highest BCUT2D eigenvalue weighted by atomic mass is 16.6. The van der Waals surface area contributed by atoms with Gasteiger partial charge >= 0.3 is 12.1 Å². The molecule has 1 saturated heterocycles. The number of ether oxygens (including phenoxy) is 2. The summed E-state index contributed by atoms with van der Waals surface area (Å²) in [6.45, 7) is 10.5. The Hall–Kier alpha value is -4.34. The van der Waals surface area contributed by atoms with Gasteiger partial charge in [-0.05, 0) is 54.0 Å². The van der Waals surface area contributed by atoms with E-state index in [2.05, 4.69) is 31.1 Å². The van der Waals surface area contributed by atoms with Gasteiger partial charge in [0.2, 0.25) is 5.91 Å². The van der Waals surface area contributed by atoms with Gasteiger partial charge in [0, 0.05) is 23.0 Å². The SMILES string of the molecule is CC(C)(COC(=O)NCC(=O)N1CCCC1C(=O)O)COc1cccc(-c2cc3ccccc3[nH]c2=O)c1.CC(C)C. The lowest BCUT2D eigenvalue weighted by atomic mass is 9.96. The molecule has 0 bridgehead atoms. The number of alkyl carbamates (subject to hydrolysis) is 1. The highest BCUT2D eigenvalue weighted by molar-refractivity contribution is 5.87. The van der Waals surface area contributed by atoms with Crippen molar-refractivity contribution in [1.29, 1.82) is 0 Å². The number of pyridine rings is 1. The quantitative estimate of drug-likeness (QED) is 0.322. The number of carboxylic acid groups (broad SMARTS) is 1. The third-order valence-corrected chi connectivity index (χ3v) is 6.36. The molecule has 10 heteroatoms. The molecule has 226 valence electrons. The van der Waals surface area contributed by atoms with E-state index in [1.54, 1.807) is 12.1 Å². The van der Waals surface area contributed by atoms with E-state index < -0.39 is 29.4 Å². The number of nitrogens with zero attached hydrogens (tertiary/aromatic N) is 1. The van der Waals surface area contributed by atoms with Crippen molar-refractivity contribution >= 4 is 28.9 Å². The highest BCUT2D eigenvalue weighted by Gasteiger charge is 2.34. The number of benzene rings is 2. The summed E-state index contributed by atoms with van der Waals surface area (Å²) in [6.07, 6.45) is 0.250. The summed E-state index contributed by atoms with van der Waals surface area (Å²) in [5, 5.41) is 12.5. The molecule has 3 aromatic rings. The van der Waals surface area contributed by atoms with Crippen molar-refractivity contribution in [3.8, 4) is 16.9 Å². The van der Waals surface area contributed by atoms with Gasteiger partial charge in [0.15, 0.2) is 0 Å². The van der Waals surface area contributed by atoms with E-state index in [0.29, 0.717) is 30.7 Å². The maximum absolute atomic E-state index is 12.6. The molecule has 1 aliphatic heterocycles. The Kier molecular flexibility index (Phi) is 11.1. The minimum atomic E-state index is -1.05. The van der Waals surface area contributed by atoms with Crippen LogP contribution in [0.15, 0.2) is 59.4 Å². The summed E-state index contributed by atoms with van der Waals surface area (Å²) in [5.41, 5.74) is 1.27. The van der Waals surface area contributed by atoms with Gasteiger partial charge in [-0.1, -0.05) is 65.0 Å². The van der Waals surface area contributed by atoms with Crippen LogP contribution in [0.1, 0.15) is 47.5 Å². The van der Waals surface area contributed by atoms with E-state index >= 15 is 0 Å². The van der Waals surface area contributed by atoms with Gasteiger partial charge in [-0.3, -0.25) is 9.59 Å². The fourth-order valence-corrected chi connectivity index (χ4v) is 4.32. The van der Waals surface area contributed by atoms with Crippen LogP contribution in [-0.2, 0) is 14.3 Å². The summed E-state index contributed by atoms with van der Waals surface area (Å²) in [7, 11) is 0. The molecule has 0 radical (unpaired) electrons. The number of hydrogen-bond donors (Lipinski definition) is 3. The van der Waals surface area contributed by atoms with E-state index in [4.69, 9.17) is 9.47 Å². The Balaban J connectivity index is 0.00000114. The Morgan fingerprint density at radius 1 is 1.07 bits per heavy atom. The van der Waals surface area contributed by atoms with Crippen LogP contribution in [0.25, 0.3) is 22.0 Å². The molecule has 4 rings (SSSR count). The van der Waals surface area contributed by atoms with Crippen LogP contribution in [-0.4, -0.2) is 65.3 Å². The van der Waals surface area contributed by atoms with E-state index in [9.17, 15) is 24.3 Å². The van der Waals surface area contributed by atoms with E-state index in [-0.39, 0.29) is 25.3 Å². The Morgan fingerprint density at radius 2 is 1.79 bits per heavy atom. The van der Waals surface area contributed by atoms with Crippen molar-refractivity contribution in [3.63, 3.8) is 0 Å². The lowest BCUT2D eigenvalue weighted by molar-refractivity contribution is -0.147. The predicted molar refractivity (Wildman–Crippen MR) is 162 cm³/mol. The molecule has 0 aliphatic carbocycles. The first-order valence-corrected chi connectivity index (χ1v) is 14.1. The summed E-state index contributed by atoms with van der Waals surface area (Å²) in [6, 6.07) is 15.8. The number of carboxylic acids is 1. The number of fused-ring (bicyclic) bond motifs is 1. The van der Waals surface area contributed by atoms with Crippen LogP contribution in [0.2, 0.25) is 0 Å². The molecule has 3 N–H and O–H groups in total. The zero-order chi connectivity index (χ0) is 30.9. The van der Waals surface area contributed by atoms with Crippen LogP contribution in [0.3, 0.4) is 0 Å². The van der Waals surface area contributed by atoms with Crippen molar-refractivity contribution in [1.82, 2.24) is 15.2 Å². The number of aliphatic carboxylic acids is 1. The number of aromatic amines is 1. The fraction of sp³-hybridized carbons (Fsp3) is 0.438. The summed E-state index contributed by atoms with van der Waals surface area (Å²) >= 11 is 0. The normalized spacial score (nSPS) is 14.7. The minimum absolute atomic E-state index is 0.0263. The van der Waals surface area contributed by atoms with Crippen molar-refractivity contribution < 1.29 is 29.0 Å². The van der Waals surface area contributed by atoms with Gasteiger partial charge in [-0.25, -0.2) is 9.59 Å². The monoisotopic (exact) mass is 579 g/mol. The van der Waals surface area contributed by atoms with Crippen molar-refractivity contribution in [2.75, 3.05) is 26.3 Å². The third-order valence-electron chi connectivity index (χ3n) is 6.36. The van der Waals surface area contributed by atoms with Gasteiger partial charge in [0.25, 0.3) is 5.56 Å². The standard InChI is InChI=1S/C28H31N3O7.C4H10/c1-28(2,17-38-27(36)29-15-24(32)31-12-6-11-23(31)26(34)35)16-37-20-9-5-8-18(13-20)21-14-19-7-3-4-10-22(19)30-25(21)33;1-4(2)3/h3-5,7-10,13-14,23H,6,11-12,15-17H2,1-2H3,(H,29,36)(H,30,33)(H,34,35);4H,1-3H3. The molecule has 0 spiro atoms. The minimum Gasteiger partial charge on any atom is -0.493 e. The van der Waals surface area contributed by atoms with Gasteiger partial charge in [-0.2, -0.15) is 0 Å². The van der Waals surface area contributed by atoms with Gasteiger partial charge in [0.05, 0.1) is 6.61 Å². The van der Waals surface area contributed by atoms with Crippen LogP contribution in [0.5, 0.6) is 5.75 Å². The number of hydrogen-bond acceptors (Lipinski definition) is 6. The van der Waals surface area contributed by atoms with E-state index in [1.165, 1.54) is 4.90 Å². The fourth-order valence-electron chi connectivity index (χ4n) is 4.32. The van der Waals surface area contributed by atoms with Gasteiger partial charge < -0.3 is 29.8 Å². The van der Waals surface area contributed by atoms with Gasteiger partial charge in [-0.15, -0.1) is 0 Å². The van der Waals surface area contributed by atoms with E-state index in [0.717, 1.165) is 22.4 Å². The van der Waals surface area contributed by atoms with Crippen LogP contribution < -0.4 is 15.6 Å². The smallest absolute Gasteiger partial charge is 0.407 e. The zero-order valence-corrected chi connectivity index (χ0v) is 24.9. The maximum Gasteiger partial charge on any atom is 0.407 e. The van der Waals surface area contributed by atoms with E-state index in [1.807, 2.05) is 56.3 Å². The third kappa shape index (κ3) is 9.36. The number of likely N-dealkylation sites (tertiary alicyclic amines) is 1. The molecule has 1 unspecified atom stereocenters. The number of carbonyl (C=O) groups excluding carboxylic acids is 2. The molecule has 2 aromatic carbocycles. The first-order valence-electron chi connectivity index (χ1n) is 14.1. The van der Waals surface area contributed by atoms with Crippen LogP contribution >= 0.6 is 0 Å². The highest BCUT2D eigenvalue weighted by Crippen LogP contribution is 2.25. The first-order chi connectivity index (χ1) is 19.9. The number of H-pyrrole nitrogens is 1. The number of carbonyl (C=O) groups is 3. The van der Waals surface area contributed by atoms with Crippen LogP contribution in [0.4, 0.5) is 4.79 Å². The molecule has 1 aliphatic rings. The number of para-hydroxylation sites is 1. The molecule has 10 nitrogen and oxygen atoms in total. The summed E-state index contributed by atoms with van der Waals surface area (Å²) in [5.74, 6) is -0.105. The molecule has 42 heavy (non-hydrogen) atoms. The Bertz CT molecular complexity index is 1440. The number of nitrogens with one attached hydrogen (secondary N) is 2. The average molecular weight is 580 g/mol. The van der Waals surface area contributed by atoms with Crippen molar-refractivity contribution in [2.24, 2.45) is 11.3 Å². The van der Waals surface area contributed by atoms with Crippen molar-refractivity contribution in [3.05, 3.63) is 65.0 Å². The molecular formula is C32H41N3O7. The second-order valence-corrected chi connectivity index (χ2v) is 11.8. The van der Waals surface area contributed by atoms with Crippen LogP contribution in [0, 0.1) is 11.3 Å². The molecule has 2 heterocycles. The first kappa shape index (κ1) is 32.2. The van der Waals surface area contributed by atoms with Crippen molar-refractivity contribution in [2.45, 2.75) is 53.5 Å². The Morgan fingerprint density at radius 3 is 2.50 bits per heavy atom. The predicted octanol–water partition coefficient (Wildman–Crippen LogP) is 5.06. The number of rotatable bonds is 9. The summed E-state index contributed by atoms with van der Waals surface area (Å²) in [4.78, 5) is 52.5. The molecule has 1 aromatic heterocycles. The maximum atomic E-state index is 12.6. The largest absolute Gasteiger partial charge is 0.493 e. The summed E-state index contributed by atoms with van der Waals surface area (Å²) < 4.78 is 11.2.